The monoisotopic (exact) mass is 948 g/mol. The molecule has 0 saturated heterocycles. The van der Waals surface area contributed by atoms with Gasteiger partial charge in [-0.05, 0) is 135 Å². The highest BCUT2D eigenvalue weighted by Crippen LogP contribution is 2.67. The second kappa shape index (κ2) is 16.0. The maximum atomic E-state index is 7.43. The van der Waals surface area contributed by atoms with Gasteiger partial charge < -0.3 is 4.42 Å². The Morgan fingerprint density at radius 2 is 0.986 bits per heavy atom. The minimum Gasteiger partial charge on any atom is -0.455 e. The standard InChI is InChI=1S/C66H56N4OSi/c1-41-25-35-59(67-39-41)69(45-31-33-46(34-32-45)72(6,7)8)56-37-54-61(50-20-10-9-19-49(50)56)63-55(66(54)52-22-14-11-17-47(52)48-18-12-15-23-53(48)66)38-57(62-51-21-13-16-24-58(51)71-64(62)63)70(60-36-26-42(2)40-68-60)44-29-27-43(28-30-44)65(3,4)5/h9-40H,1-8H3. The number of aryl methyl sites for hydroxylation is 2. The van der Waals surface area contributed by atoms with E-state index in [1.807, 2.05) is 12.4 Å². The van der Waals surface area contributed by atoms with Crippen LogP contribution in [0.4, 0.5) is 34.4 Å². The number of anilines is 6. The van der Waals surface area contributed by atoms with Crippen LogP contribution in [-0.2, 0) is 10.8 Å². The van der Waals surface area contributed by atoms with Gasteiger partial charge in [-0.3, -0.25) is 9.80 Å². The third-order valence-corrected chi connectivity index (χ3v) is 17.4. The van der Waals surface area contributed by atoms with Crippen molar-refractivity contribution in [3.63, 3.8) is 0 Å². The Morgan fingerprint density at radius 1 is 0.486 bits per heavy atom. The first kappa shape index (κ1) is 43.9. The van der Waals surface area contributed by atoms with Gasteiger partial charge in [0.2, 0.25) is 0 Å². The van der Waals surface area contributed by atoms with E-state index in [1.54, 1.807) is 0 Å². The zero-order valence-corrected chi connectivity index (χ0v) is 43.2. The predicted molar refractivity (Wildman–Crippen MR) is 304 cm³/mol. The van der Waals surface area contributed by atoms with Crippen LogP contribution in [0.2, 0.25) is 19.6 Å². The summed E-state index contributed by atoms with van der Waals surface area (Å²) in [6.07, 6.45) is 3.96. The van der Waals surface area contributed by atoms with Gasteiger partial charge in [-0.25, -0.2) is 9.97 Å². The lowest BCUT2D eigenvalue weighted by molar-refractivity contribution is 0.590. The van der Waals surface area contributed by atoms with Gasteiger partial charge in [0.25, 0.3) is 0 Å². The van der Waals surface area contributed by atoms with Crippen molar-refractivity contribution in [2.75, 3.05) is 9.80 Å². The summed E-state index contributed by atoms with van der Waals surface area (Å²) in [6.45, 7) is 18.2. The van der Waals surface area contributed by atoms with Crippen LogP contribution in [0.15, 0.2) is 199 Å². The molecule has 11 aromatic rings. The first-order valence-corrected chi connectivity index (χ1v) is 28.7. The first-order valence-electron chi connectivity index (χ1n) is 25.2. The molecule has 0 amide bonds. The molecular weight excluding hydrogens is 893 g/mol. The highest BCUT2D eigenvalue weighted by Gasteiger charge is 2.54. The first-order chi connectivity index (χ1) is 34.8. The minimum absolute atomic E-state index is 0.0152. The fraction of sp³-hybridized carbons (Fsp3) is 0.152. The average molecular weight is 949 g/mol. The summed E-state index contributed by atoms with van der Waals surface area (Å²) in [5.41, 5.74) is 18.3. The molecule has 0 radical (unpaired) electrons. The van der Waals surface area contributed by atoms with Crippen LogP contribution in [0.1, 0.15) is 59.7 Å². The summed E-state index contributed by atoms with van der Waals surface area (Å²) in [5.74, 6) is 1.70. The van der Waals surface area contributed by atoms with E-state index in [2.05, 4.69) is 246 Å². The van der Waals surface area contributed by atoms with Gasteiger partial charge in [-0.15, -0.1) is 0 Å². The molecule has 0 aliphatic heterocycles. The van der Waals surface area contributed by atoms with Crippen molar-refractivity contribution in [1.82, 2.24) is 9.97 Å². The molecular formula is C66H56N4OSi. The number of para-hydroxylation sites is 1. The summed E-state index contributed by atoms with van der Waals surface area (Å²) in [5, 5.41) is 5.82. The van der Waals surface area contributed by atoms with E-state index in [9.17, 15) is 0 Å². The molecule has 3 aromatic heterocycles. The van der Waals surface area contributed by atoms with Gasteiger partial charge in [-0.2, -0.15) is 0 Å². The topological polar surface area (TPSA) is 45.4 Å². The van der Waals surface area contributed by atoms with Crippen LogP contribution >= 0.6 is 0 Å². The summed E-state index contributed by atoms with van der Waals surface area (Å²) in [4.78, 5) is 15.1. The number of hydrogen-bond acceptors (Lipinski definition) is 5. The van der Waals surface area contributed by atoms with E-state index in [4.69, 9.17) is 14.4 Å². The number of furan rings is 1. The molecule has 0 N–H and O–H groups in total. The van der Waals surface area contributed by atoms with Gasteiger partial charge in [0.05, 0.1) is 30.2 Å². The Bertz CT molecular complexity index is 3910. The van der Waals surface area contributed by atoms with Crippen molar-refractivity contribution in [3.8, 4) is 22.3 Å². The average Bonchev–Trinajstić information content (AvgIpc) is 4.02. The number of benzene rings is 8. The molecule has 0 atom stereocenters. The van der Waals surface area contributed by atoms with Gasteiger partial charge in [-0.1, -0.05) is 173 Å². The molecule has 0 saturated carbocycles. The molecule has 2 aliphatic rings. The third-order valence-electron chi connectivity index (χ3n) is 15.4. The van der Waals surface area contributed by atoms with Crippen molar-refractivity contribution < 1.29 is 4.42 Å². The highest BCUT2D eigenvalue weighted by molar-refractivity contribution is 6.88. The van der Waals surface area contributed by atoms with Gasteiger partial charge in [0, 0.05) is 40.1 Å². The van der Waals surface area contributed by atoms with E-state index in [-0.39, 0.29) is 5.41 Å². The van der Waals surface area contributed by atoms with Gasteiger partial charge in [0.15, 0.2) is 0 Å². The molecule has 0 unspecified atom stereocenters. The second-order valence-corrected chi connectivity index (χ2v) is 27.1. The summed E-state index contributed by atoms with van der Waals surface area (Å²) in [7, 11) is -1.60. The zero-order chi connectivity index (χ0) is 49.3. The van der Waals surface area contributed by atoms with Crippen molar-refractivity contribution in [1.29, 1.82) is 0 Å². The molecule has 72 heavy (non-hydrogen) atoms. The fourth-order valence-corrected chi connectivity index (χ4v) is 13.0. The Hall–Kier alpha value is -8.06. The largest absolute Gasteiger partial charge is 0.455 e. The maximum absolute atomic E-state index is 7.43. The number of fused-ring (bicyclic) bond motifs is 16. The Labute approximate surface area is 423 Å². The van der Waals surface area contributed by atoms with Crippen molar-refractivity contribution in [2.24, 2.45) is 0 Å². The lowest BCUT2D eigenvalue weighted by atomic mass is 9.70. The fourth-order valence-electron chi connectivity index (χ4n) is 11.9. The molecule has 5 nitrogen and oxygen atoms in total. The molecule has 13 rings (SSSR count). The van der Waals surface area contributed by atoms with Crippen molar-refractivity contribution in [3.05, 3.63) is 233 Å². The number of aromatic nitrogens is 2. The van der Waals surface area contributed by atoms with E-state index >= 15 is 0 Å². The van der Waals surface area contributed by atoms with Gasteiger partial charge >= 0.3 is 0 Å². The number of nitrogens with zero attached hydrogens (tertiary/aromatic N) is 4. The molecule has 350 valence electrons. The quantitative estimate of drug-likeness (QED) is 0.149. The molecule has 8 aromatic carbocycles. The third kappa shape index (κ3) is 6.51. The normalized spacial score (nSPS) is 13.4. The molecule has 6 heteroatoms. The lowest BCUT2D eigenvalue weighted by Gasteiger charge is -2.33. The molecule has 0 fully saturated rings. The van der Waals surface area contributed by atoms with Crippen LogP contribution in [0, 0.1) is 13.8 Å². The molecule has 2 aliphatic carbocycles. The van der Waals surface area contributed by atoms with Crippen LogP contribution in [0.3, 0.4) is 0 Å². The van der Waals surface area contributed by atoms with Crippen molar-refractivity contribution >= 4 is 80.4 Å². The SMILES string of the molecule is Cc1ccc(N(c2ccc([Si](C)(C)C)cc2)c2cc3c(c4ccccc24)-c2c(cc(N(c4ccc(C(C)(C)C)cc4)c4ccc(C)cn4)c4c2oc2ccccc24)C32c3ccccc3-c3ccccc32)nc1. The Morgan fingerprint density at radius 3 is 1.56 bits per heavy atom. The molecule has 1 spiro atoms. The van der Waals surface area contributed by atoms with E-state index in [1.165, 1.54) is 49.7 Å². The van der Waals surface area contributed by atoms with Crippen LogP contribution in [-0.4, -0.2) is 18.0 Å². The van der Waals surface area contributed by atoms with Crippen LogP contribution in [0.5, 0.6) is 0 Å². The van der Waals surface area contributed by atoms with Crippen LogP contribution < -0.4 is 15.0 Å². The minimum atomic E-state index is -1.60. The number of hydrogen-bond donors (Lipinski definition) is 0. The van der Waals surface area contributed by atoms with E-state index in [0.717, 1.165) is 83.8 Å². The lowest BCUT2D eigenvalue weighted by Crippen LogP contribution is -2.37. The smallest absolute Gasteiger partial charge is 0.145 e. The Balaban J connectivity index is 1.20. The van der Waals surface area contributed by atoms with Crippen molar-refractivity contribution in [2.45, 2.75) is 65.1 Å². The maximum Gasteiger partial charge on any atom is 0.145 e. The van der Waals surface area contributed by atoms with Crippen LogP contribution in [0.25, 0.3) is 55.0 Å². The van der Waals surface area contributed by atoms with E-state index < -0.39 is 13.5 Å². The number of rotatable bonds is 7. The Kier molecular flexibility index (Phi) is 9.74. The summed E-state index contributed by atoms with van der Waals surface area (Å²) in [6, 6.07) is 67.7. The van der Waals surface area contributed by atoms with E-state index in [0.29, 0.717) is 0 Å². The molecule has 0 bridgehead atoms. The predicted octanol–water partition coefficient (Wildman–Crippen LogP) is 17.3. The van der Waals surface area contributed by atoms with Gasteiger partial charge in [0.1, 0.15) is 22.8 Å². The second-order valence-electron chi connectivity index (χ2n) is 22.0. The summed E-state index contributed by atoms with van der Waals surface area (Å²) < 4.78 is 7.43. The summed E-state index contributed by atoms with van der Waals surface area (Å²) >= 11 is 0. The number of pyridine rings is 2. The highest BCUT2D eigenvalue weighted by atomic mass is 28.3. The zero-order valence-electron chi connectivity index (χ0n) is 42.2. The molecule has 3 heterocycles.